The van der Waals surface area contributed by atoms with Crippen molar-refractivity contribution in [2.24, 2.45) is 5.92 Å². The van der Waals surface area contributed by atoms with E-state index >= 15 is 0 Å². The zero-order valence-corrected chi connectivity index (χ0v) is 13.6. The van der Waals surface area contributed by atoms with Crippen molar-refractivity contribution >= 4 is 11.6 Å². The number of rotatable bonds is 4. The van der Waals surface area contributed by atoms with Crippen molar-refractivity contribution in [2.75, 3.05) is 24.5 Å². The van der Waals surface area contributed by atoms with Crippen LogP contribution in [0.2, 0.25) is 0 Å². The molecule has 0 radical (unpaired) electrons. The lowest BCUT2D eigenvalue weighted by molar-refractivity contribution is -0.137. The summed E-state index contributed by atoms with van der Waals surface area (Å²) < 4.78 is 37.6. The average Bonchev–Trinajstić information content (AvgIpc) is 3.09. The van der Waals surface area contributed by atoms with Crippen molar-refractivity contribution in [3.63, 3.8) is 0 Å². The maximum absolute atomic E-state index is 12.5. The van der Waals surface area contributed by atoms with Gasteiger partial charge in [0.2, 0.25) is 0 Å². The summed E-state index contributed by atoms with van der Waals surface area (Å²) >= 11 is 0. The van der Waals surface area contributed by atoms with E-state index in [1.165, 1.54) is 17.8 Å². The van der Waals surface area contributed by atoms with Crippen molar-refractivity contribution in [3.05, 3.63) is 65.7 Å². The molecule has 6 heteroatoms. The van der Waals surface area contributed by atoms with Gasteiger partial charge in [0.05, 0.1) is 5.56 Å². The van der Waals surface area contributed by atoms with Crippen molar-refractivity contribution in [1.82, 2.24) is 5.32 Å². The van der Waals surface area contributed by atoms with Crippen LogP contribution in [-0.4, -0.2) is 25.5 Å². The molecule has 1 atom stereocenters. The number of carbonyl (C=O) groups is 1. The zero-order valence-electron chi connectivity index (χ0n) is 13.6. The molecule has 0 aromatic heterocycles. The van der Waals surface area contributed by atoms with Gasteiger partial charge in [-0.2, -0.15) is 13.2 Å². The third-order valence-corrected chi connectivity index (χ3v) is 4.43. The van der Waals surface area contributed by atoms with Gasteiger partial charge in [0, 0.05) is 30.9 Å². The molecule has 0 aliphatic carbocycles. The largest absolute Gasteiger partial charge is 0.416 e. The van der Waals surface area contributed by atoms with Crippen LogP contribution in [0, 0.1) is 5.92 Å². The van der Waals surface area contributed by atoms with Gasteiger partial charge in [-0.25, -0.2) is 0 Å². The molecule has 1 aliphatic heterocycles. The van der Waals surface area contributed by atoms with Crippen molar-refractivity contribution in [1.29, 1.82) is 0 Å². The van der Waals surface area contributed by atoms with Crippen LogP contribution in [0.25, 0.3) is 0 Å². The van der Waals surface area contributed by atoms with Gasteiger partial charge in [-0.3, -0.25) is 4.79 Å². The number of hydrogen-bond donors (Lipinski definition) is 1. The van der Waals surface area contributed by atoms with Gasteiger partial charge in [0.15, 0.2) is 0 Å². The van der Waals surface area contributed by atoms with E-state index in [0.29, 0.717) is 12.5 Å². The first-order valence-electron chi connectivity index (χ1n) is 8.19. The van der Waals surface area contributed by atoms with Crippen LogP contribution in [-0.2, 0) is 6.18 Å². The Kier molecular flexibility index (Phi) is 4.97. The van der Waals surface area contributed by atoms with E-state index in [2.05, 4.69) is 22.3 Å². The molecule has 2 aromatic rings. The fourth-order valence-corrected chi connectivity index (χ4v) is 3.02. The maximum Gasteiger partial charge on any atom is 0.416 e. The van der Waals surface area contributed by atoms with Crippen LogP contribution in [0.5, 0.6) is 0 Å². The Morgan fingerprint density at radius 3 is 2.40 bits per heavy atom. The molecule has 25 heavy (non-hydrogen) atoms. The highest BCUT2D eigenvalue weighted by Gasteiger charge is 2.30. The Hall–Kier alpha value is -2.50. The number of nitrogens with one attached hydrogen (secondary N) is 1. The Bertz CT molecular complexity index is 714. The first kappa shape index (κ1) is 17.3. The molecule has 3 nitrogen and oxygen atoms in total. The minimum absolute atomic E-state index is 0.242. The van der Waals surface area contributed by atoms with Gasteiger partial charge in [0.25, 0.3) is 5.91 Å². The molecule has 132 valence electrons. The highest BCUT2D eigenvalue weighted by Crippen LogP contribution is 2.29. The van der Waals surface area contributed by atoms with Crippen LogP contribution in [0.15, 0.2) is 54.6 Å². The Morgan fingerprint density at radius 2 is 1.76 bits per heavy atom. The summed E-state index contributed by atoms with van der Waals surface area (Å²) in [5.41, 5.74) is 0.656. The van der Waals surface area contributed by atoms with Gasteiger partial charge >= 0.3 is 6.18 Å². The molecule has 0 spiro atoms. The number of benzene rings is 2. The van der Waals surface area contributed by atoms with Gasteiger partial charge in [-0.15, -0.1) is 0 Å². The van der Waals surface area contributed by atoms with E-state index in [1.807, 2.05) is 18.2 Å². The van der Waals surface area contributed by atoms with E-state index in [1.54, 1.807) is 0 Å². The number of anilines is 1. The van der Waals surface area contributed by atoms with Gasteiger partial charge < -0.3 is 10.2 Å². The summed E-state index contributed by atoms with van der Waals surface area (Å²) in [6.07, 6.45) is -3.41. The Labute approximate surface area is 144 Å². The first-order chi connectivity index (χ1) is 11.9. The van der Waals surface area contributed by atoms with E-state index in [9.17, 15) is 18.0 Å². The average molecular weight is 348 g/mol. The predicted molar refractivity (Wildman–Crippen MR) is 90.5 cm³/mol. The second-order valence-corrected chi connectivity index (χ2v) is 6.22. The number of halogens is 3. The van der Waals surface area contributed by atoms with Gasteiger partial charge in [-0.05, 0) is 48.7 Å². The monoisotopic (exact) mass is 348 g/mol. The number of alkyl halides is 3. The lowest BCUT2D eigenvalue weighted by Crippen LogP contribution is -2.31. The molecule has 2 aromatic carbocycles. The standard InChI is InChI=1S/C19H19F3N2O/c20-19(21,22)16-8-6-15(7-9-16)18(25)23-12-14-10-11-24(13-14)17-4-2-1-3-5-17/h1-9,14H,10-13H2,(H,23,25). The van der Waals surface area contributed by atoms with Crippen molar-refractivity contribution in [3.8, 4) is 0 Å². The summed E-state index contributed by atoms with van der Waals surface area (Å²) in [7, 11) is 0. The normalized spacial score (nSPS) is 17.6. The number of para-hydroxylation sites is 1. The topological polar surface area (TPSA) is 32.3 Å². The lowest BCUT2D eigenvalue weighted by atomic mass is 10.1. The molecule has 1 saturated heterocycles. The number of carbonyl (C=O) groups excluding carboxylic acids is 1. The third kappa shape index (κ3) is 4.32. The van der Waals surface area contributed by atoms with Crippen molar-refractivity contribution in [2.45, 2.75) is 12.6 Å². The second-order valence-electron chi connectivity index (χ2n) is 6.22. The molecule has 1 fully saturated rings. The second kappa shape index (κ2) is 7.17. The molecular weight excluding hydrogens is 329 g/mol. The molecule has 0 bridgehead atoms. The Morgan fingerprint density at radius 1 is 1.08 bits per heavy atom. The van der Waals surface area contributed by atoms with E-state index in [4.69, 9.17) is 0 Å². The highest BCUT2D eigenvalue weighted by atomic mass is 19.4. The fourth-order valence-electron chi connectivity index (χ4n) is 3.02. The minimum atomic E-state index is -4.39. The third-order valence-electron chi connectivity index (χ3n) is 4.43. The van der Waals surface area contributed by atoms with Crippen LogP contribution in [0.4, 0.5) is 18.9 Å². The molecule has 1 amide bonds. The summed E-state index contributed by atoms with van der Waals surface area (Å²) in [4.78, 5) is 14.4. The Balaban J connectivity index is 1.51. The van der Waals surface area contributed by atoms with Crippen molar-refractivity contribution < 1.29 is 18.0 Å². The van der Waals surface area contributed by atoms with Crippen LogP contribution in [0.1, 0.15) is 22.3 Å². The fraction of sp³-hybridized carbons (Fsp3) is 0.316. The molecular formula is C19H19F3N2O. The van der Waals surface area contributed by atoms with Crippen LogP contribution in [0.3, 0.4) is 0 Å². The first-order valence-corrected chi connectivity index (χ1v) is 8.19. The quantitative estimate of drug-likeness (QED) is 0.907. The van der Waals surface area contributed by atoms with Gasteiger partial charge in [-0.1, -0.05) is 18.2 Å². The lowest BCUT2D eigenvalue weighted by Gasteiger charge is -2.18. The predicted octanol–water partition coefficient (Wildman–Crippen LogP) is 3.96. The molecule has 1 heterocycles. The number of amides is 1. The molecule has 1 unspecified atom stereocenters. The highest BCUT2D eigenvalue weighted by molar-refractivity contribution is 5.94. The van der Waals surface area contributed by atoms with Gasteiger partial charge in [0.1, 0.15) is 0 Å². The number of hydrogen-bond acceptors (Lipinski definition) is 2. The summed E-state index contributed by atoms with van der Waals surface area (Å²) in [6, 6.07) is 14.4. The van der Waals surface area contributed by atoms with Crippen LogP contribution >= 0.6 is 0 Å². The maximum atomic E-state index is 12.5. The summed E-state index contributed by atoms with van der Waals surface area (Å²) in [6.45, 7) is 2.31. The van der Waals surface area contributed by atoms with E-state index < -0.39 is 11.7 Å². The molecule has 1 N–H and O–H groups in total. The zero-order chi connectivity index (χ0) is 17.9. The summed E-state index contributed by atoms with van der Waals surface area (Å²) in [5.74, 6) is -0.00881. The molecule has 3 rings (SSSR count). The van der Waals surface area contributed by atoms with Crippen LogP contribution < -0.4 is 10.2 Å². The SMILES string of the molecule is O=C(NCC1CCN(c2ccccc2)C1)c1ccc(C(F)(F)F)cc1. The molecule has 0 saturated carbocycles. The number of nitrogens with zero attached hydrogens (tertiary/aromatic N) is 1. The minimum Gasteiger partial charge on any atom is -0.371 e. The molecule has 1 aliphatic rings. The smallest absolute Gasteiger partial charge is 0.371 e. The summed E-state index contributed by atoms with van der Waals surface area (Å²) in [5, 5.41) is 2.82. The van der Waals surface area contributed by atoms with E-state index in [-0.39, 0.29) is 11.5 Å². The van der Waals surface area contributed by atoms with E-state index in [0.717, 1.165) is 31.6 Å².